The fourth-order valence-electron chi connectivity index (χ4n) is 3.56. The van der Waals surface area contributed by atoms with Gasteiger partial charge in [-0.2, -0.15) is 0 Å². The number of amides is 2. The molecule has 2 atom stereocenters. The highest BCUT2D eigenvalue weighted by atomic mass is 35.5. The number of methoxy groups -OCH3 is 1. The van der Waals surface area contributed by atoms with Gasteiger partial charge >= 0.3 is 5.97 Å². The number of aromatic hydroxyl groups is 1. The van der Waals surface area contributed by atoms with Gasteiger partial charge in [0.05, 0.1) is 56.0 Å². The summed E-state index contributed by atoms with van der Waals surface area (Å²) in [4.78, 5) is 45.9. The van der Waals surface area contributed by atoms with E-state index in [1.54, 1.807) is 6.92 Å². The highest BCUT2D eigenvalue weighted by Gasteiger charge is 2.24. The number of β-amino-alcohol motifs (C(OH)–C–C–N with tert-alkyl or cyclic N) is 1. The summed E-state index contributed by atoms with van der Waals surface area (Å²) in [7, 11) is 1.41. The summed E-state index contributed by atoms with van der Waals surface area (Å²) in [5, 5.41) is 31.0. The van der Waals surface area contributed by atoms with Gasteiger partial charge in [-0.3, -0.25) is 19.4 Å². The zero-order valence-corrected chi connectivity index (χ0v) is 22.6. The summed E-state index contributed by atoms with van der Waals surface area (Å²) >= 11 is 12.1. The third-order valence-corrected chi connectivity index (χ3v) is 5.89. The number of esters is 1. The van der Waals surface area contributed by atoms with Crippen LogP contribution in [0.25, 0.3) is 0 Å². The smallest absolute Gasteiger partial charge is 0.308 e. The summed E-state index contributed by atoms with van der Waals surface area (Å²) < 4.78 is 10.2. The van der Waals surface area contributed by atoms with E-state index >= 15 is 0 Å². The predicted octanol–water partition coefficient (Wildman–Crippen LogP) is 1.38. The number of aromatic nitrogens is 1. The number of aliphatic hydroxyl groups is 1. The lowest BCUT2D eigenvalue weighted by atomic mass is 10.0. The summed E-state index contributed by atoms with van der Waals surface area (Å²) in [6.45, 7) is 1.79. The van der Waals surface area contributed by atoms with Crippen molar-refractivity contribution in [3.8, 4) is 11.6 Å². The van der Waals surface area contributed by atoms with E-state index in [0.29, 0.717) is 18.2 Å². The molecule has 0 spiro atoms. The van der Waals surface area contributed by atoms with Crippen molar-refractivity contribution in [1.82, 2.24) is 20.9 Å². The van der Waals surface area contributed by atoms with E-state index in [4.69, 9.17) is 32.7 Å². The SMILES string of the molecule is CCOC(=O)C[C@H](NC(=O)CNC(=O)c1cnc(OC)c(NC2=NCC(O)CN2)c1)c1cc(Cl)cc(Cl)c1O. The Bertz CT molecular complexity index is 1260. The van der Waals surface area contributed by atoms with Crippen molar-refractivity contribution in [3.05, 3.63) is 45.6 Å². The number of carbonyl (C=O) groups excluding carboxylic acids is 3. The van der Waals surface area contributed by atoms with E-state index < -0.39 is 36.5 Å². The van der Waals surface area contributed by atoms with Crippen molar-refractivity contribution >= 4 is 52.6 Å². The molecule has 2 aromatic rings. The standard InChI is InChI=1S/C24H28Cl2N6O7/c1-3-39-20(35)7-17(15-5-13(25)6-16(26)21(15)36)31-19(34)11-27-22(37)12-4-18(23(38-2)28-8-12)32-24-29-9-14(33)10-30-24/h4-6,8,14,17,33,36H,3,7,9-11H2,1-2H3,(H,27,37)(H,31,34)(H2,29,30,32)/t17-/m0/s1. The highest BCUT2D eigenvalue weighted by molar-refractivity contribution is 6.35. The molecule has 15 heteroatoms. The zero-order valence-electron chi connectivity index (χ0n) is 21.1. The maximum atomic E-state index is 12.8. The Kier molecular flexibility index (Phi) is 10.5. The van der Waals surface area contributed by atoms with Crippen LogP contribution in [-0.4, -0.2) is 78.4 Å². The molecule has 0 saturated carbocycles. The Balaban J connectivity index is 1.69. The molecule has 2 heterocycles. The molecule has 1 aromatic heterocycles. The number of phenolic OH excluding ortho intramolecular Hbond substituents is 1. The Morgan fingerprint density at radius 1 is 1.26 bits per heavy atom. The molecule has 0 aliphatic carbocycles. The van der Waals surface area contributed by atoms with Crippen LogP contribution in [0.5, 0.6) is 11.6 Å². The number of hydrogen-bond acceptors (Lipinski definition) is 11. The van der Waals surface area contributed by atoms with E-state index in [-0.39, 0.29) is 52.4 Å². The number of aliphatic imine (C=N–C) groups is 1. The fraction of sp³-hybridized carbons (Fsp3) is 0.375. The van der Waals surface area contributed by atoms with Gasteiger partial charge in [-0.25, -0.2) is 4.98 Å². The topological polar surface area (TPSA) is 183 Å². The van der Waals surface area contributed by atoms with Crippen LogP contribution in [0, 0.1) is 0 Å². The van der Waals surface area contributed by atoms with E-state index in [2.05, 4.69) is 31.2 Å². The van der Waals surface area contributed by atoms with Gasteiger partial charge in [0.2, 0.25) is 11.8 Å². The van der Waals surface area contributed by atoms with Crippen molar-refractivity contribution in [2.45, 2.75) is 25.5 Å². The number of guanidine groups is 1. The van der Waals surface area contributed by atoms with E-state index in [0.717, 1.165) is 0 Å². The van der Waals surface area contributed by atoms with Crippen LogP contribution in [0.3, 0.4) is 0 Å². The first kappa shape index (κ1) is 29.7. The Hall–Kier alpha value is -3.81. The molecule has 0 fully saturated rings. The van der Waals surface area contributed by atoms with Gasteiger partial charge in [-0.05, 0) is 25.1 Å². The predicted molar refractivity (Wildman–Crippen MR) is 143 cm³/mol. The molecule has 1 unspecified atom stereocenters. The van der Waals surface area contributed by atoms with Gasteiger partial charge in [0.15, 0.2) is 5.96 Å². The number of rotatable bonds is 10. The first-order valence-electron chi connectivity index (χ1n) is 11.8. The Labute approximate surface area is 233 Å². The van der Waals surface area contributed by atoms with Crippen molar-refractivity contribution in [2.75, 3.05) is 38.7 Å². The number of benzene rings is 1. The van der Waals surface area contributed by atoms with Gasteiger partial charge in [-0.1, -0.05) is 23.2 Å². The average molecular weight is 583 g/mol. The van der Waals surface area contributed by atoms with Crippen LogP contribution in [-0.2, 0) is 14.3 Å². The zero-order chi connectivity index (χ0) is 28.5. The van der Waals surface area contributed by atoms with E-state index in [1.165, 1.54) is 31.5 Å². The molecule has 0 bridgehead atoms. The van der Waals surface area contributed by atoms with E-state index in [1.807, 2.05) is 0 Å². The van der Waals surface area contributed by atoms with Gasteiger partial charge in [0.1, 0.15) is 11.4 Å². The molecule has 1 aliphatic heterocycles. The molecule has 1 aromatic carbocycles. The summed E-state index contributed by atoms with van der Waals surface area (Å²) in [5.74, 6) is -1.69. The van der Waals surface area contributed by atoms with Crippen LogP contribution >= 0.6 is 23.2 Å². The molecule has 2 amide bonds. The van der Waals surface area contributed by atoms with Crippen LogP contribution in [0.15, 0.2) is 29.4 Å². The number of nitrogens with one attached hydrogen (secondary N) is 4. The molecule has 210 valence electrons. The summed E-state index contributed by atoms with van der Waals surface area (Å²) in [6, 6.07) is 3.11. The van der Waals surface area contributed by atoms with Crippen LogP contribution < -0.4 is 26.0 Å². The lowest BCUT2D eigenvalue weighted by molar-refractivity contribution is -0.143. The summed E-state index contributed by atoms with van der Waals surface area (Å²) in [5.41, 5.74) is 0.562. The normalized spacial score (nSPS) is 15.3. The number of pyridine rings is 1. The highest BCUT2D eigenvalue weighted by Crippen LogP contribution is 2.36. The Morgan fingerprint density at radius 2 is 2.03 bits per heavy atom. The minimum Gasteiger partial charge on any atom is -0.506 e. The van der Waals surface area contributed by atoms with Crippen molar-refractivity contribution in [2.24, 2.45) is 4.99 Å². The quantitative estimate of drug-likeness (QED) is 0.224. The molecule has 3 rings (SSSR count). The van der Waals surface area contributed by atoms with Gasteiger partial charge in [0, 0.05) is 23.3 Å². The largest absolute Gasteiger partial charge is 0.506 e. The number of aliphatic hydroxyl groups excluding tert-OH is 1. The maximum Gasteiger partial charge on any atom is 0.308 e. The first-order chi connectivity index (χ1) is 18.6. The number of carbonyl (C=O) groups is 3. The van der Waals surface area contributed by atoms with Crippen LogP contribution in [0.4, 0.5) is 5.69 Å². The maximum absolute atomic E-state index is 12.8. The molecular weight excluding hydrogens is 555 g/mol. The lowest BCUT2D eigenvalue weighted by Gasteiger charge is -2.21. The van der Waals surface area contributed by atoms with Gasteiger partial charge in [0.25, 0.3) is 5.91 Å². The lowest BCUT2D eigenvalue weighted by Crippen LogP contribution is -2.42. The van der Waals surface area contributed by atoms with Gasteiger partial charge in [-0.15, -0.1) is 0 Å². The van der Waals surface area contributed by atoms with E-state index in [9.17, 15) is 24.6 Å². The molecule has 0 saturated heterocycles. The summed E-state index contributed by atoms with van der Waals surface area (Å²) in [6.07, 6.45) is 0.354. The van der Waals surface area contributed by atoms with Crippen molar-refractivity contribution in [3.63, 3.8) is 0 Å². The van der Waals surface area contributed by atoms with Crippen molar-refractivity contribution < 1.29 is 34.1 Å². The number of halogens is 2. The molecule has 13 nitrogen and oxygen atoms in total. The minimum atomic E-state index is -1.04. The second kappa shape index (κ2) is 13.8. The molecule has 39 heavy (non-hydrogen) atoms. The second-order valence-corrected chi connectivity index (χ2v) is 9.11. The first-order valence-corrected chi connectivity index (χ1v) is 12.5. The third kappa shape index (κ3) is 8.34. The monoisotopic (exact) mass is 582 g/mol. The van der Waals surface area contributed by atoms with Crippen molar-refractivity contribution in [1.29, 1.82) is 0 Å². The average Bonchev–Trinajstić information content (AvgIpc) is 2.90. The number of hydrogen-bond donors (Lipinski definition) is 6. The third-order valence-electron chi connectivity index (χ3n) is 5.38. The van der Waals surface area contributed by atoms with Crippen LogP contribution in [0.1, 0.15) is 35.3 Å². The number of phenols is 1. The molecular formula is C24H28Cl2N6O7. The molecule has 0 radical (unpaired) electrons. The molecule has 1 aliphatic rings. The fourth-order valence-corrected chi connectivity index (χ4v) is 4.07. The van der Waals surface area contributed by atoms with Crippen LogP contribution in [0.2, 0.25) is 10.0 Å². The van der Waals surface area contributed by atoms with Gasteiger partial charge < -0.3 is 41.0 Å². The number of ether oxygens (including phenoxy) is 2. The second-order valence-electron chi connectivity index (χ2n) is 8.27. The number of anilines is 1. The Morgan fingerprint density at radius 3 is 2.69 bits per heavy atom. The minimum absolute atomic E-state index is 0.0594. The molecule has 6 N–H and O–H groups in total. The number of nitrogens with zero attached hydrogens (tertiary/aromatic N) is 2.